The summed E-state index contributed by atoms with van der Waals surface area (Å²) in [4.78, 5) is 12.6. The lowest BCUT2D eigenvalue weighted by Crippen LogP contribution is -2.48. The number of alkyl halides is 3. The van der Waals surface area contributed by atoms with Crippen molar-refractivity contribution in [1.82, 2.24) is 0 Å². The average Bonchev–Trinajstić information content (AvgIpc) is 2.60. The fourth-order valence-corrected chi connectivity index (χ4v) is 3.69. The van der Waals surface area contributed by atoms with E-state index in [1.807, 2.05) is 0 Å². The van der Waals surface area contributed by atoms with Crippen molar-refractivity contribution >= 4 is 27.3 Å². The zero-order chi connectivity index (χ0) is 21.4. The topological polar surface area (TPSA) is 84.9 Å². The lowest BCUT2D eigenvalue weighted by atomic mass is 10.1. The summed E-state index contributed by atoms with van der Waals surface area (Å²) in [5.41, 5.74) is 1.35. The van der Waals surface area contributed by atoms with Crippen LogP contribution in [0.3, 0.4) is 0 Å². The molecule has 0 unspecified atom stereocenters. The lowest BCUT2D eigenvalue weighted by Gasteiger charge is -2.34. The number of halogens is 3. The molecule has 0 bridgehead atoms. The number of nitrogens with one attached hydrogen (secondary N) is 1. The van der Waals surface area contributed by atoms with Gasteiger partial charge in [0.2, 0.25) is 10.0 Å². The van der Waals surface area contributed by atoms with E-state index in [1.54, 1.807) is 25.1 Å². The van der Waals surface area contributed by atoms with Crippen LogP contribution in [0.5, 0.6) is 11.5 Å². The summed E-state index contributed by atoms with van der Waals surface area (Å²) in [6.07, 6.45) is -4.94. The van der Waals surface area contributed by atoms with Crippen LogP contribution >= 0.6 is 0 Å². The maximum atomic E-state index is 12.6. The second-order valence-electron chi connectivity index (χ2n) is 6.43. The number of fused-ring (bicyclic) bond motifs is 1. The molecule has 29 heavy (non-hydrogen) atoms. The fraction of sp³-hybridized carbons (Fsp3) is 0.278. The van der Waals surface area contributed by atoms with Gasteiger partial charge in [-0.3, -0.25) is 9.10 Å². The quantitative estimate of drug-likeness (QED) is 0.806. The first-order chi connectivity index (χ1) is 13.4. The van der Waals surface area contributed by atoms with Gasteiger partial charge in [-0.1, -0.05) is 6.07 Å². The standard InChI is InChI=1S/C18H17F3N2O5S/c1-11-3-8-14-15(9-11)27-16(10-23(14)29(2,25)26)17(24)22-12-4-6-13(7-5-12)28-18(19,20)21/h3-9,16H,10H2,1-2H3,(H,22,24)/t16-/m0/s1. The van der Waals surface area contributed by atoms with Crippen molar-refractivity contribution in [2.45, 2.75) is 19.4 Å². The van der Waals surface area contributed by atoms with Gasteiger partial charge in [0.05, 0.1) is 18.5 Å². The molecule has 1 aliphatic rings. The molecular formula is C18H17F3N2O5S. The predicted molar refractivity (Wildman–Crippen MR) is 99.5 cm³/mol. The molecule has 0 radical (unpaired) electrons. The number of rotatable bonds is 4. The van der Waals surface area contributed by atoms with Gasteiger partial charge in [-0.2, -0.15) is 0 Å². The Morgan fingerprint density at radius 2 is 1.86 bits per heavy atom. The van der Waals surface area contributed by atoms with Crippen molar-refractivity contribution in [2.24, 2.45) is 0 Å². The highest BCUT2D eigenvalue weighted by atomic mass is 32.2. The first kappa shape index (κ1) is 20.8. The number of sulfonamides is 1. The molecule has 2 aromatic carbocycles. The maximum Gasteiger partial charge on any atom is 0.573 e. The number of aryl methyl sites for hydroxylation is 1. The molecule has 7 nitrogen and oxygen atoms in total. The molecule has 0 saturated heterocycles. The van der Waals surface area contributed by atoms with Gasteiger partial charge in [-0.15, -0.1) is 13.2 Å². The number of hydrogen-bond acceptors (Lipinski definition) is 5. The zero-order valence-electron chi connectivity index (χ0n) is 15.4. The number of benzene rings is 2. The maximum absolute atomic E-state index is 12.6. The monoisotopic (exact) mass is 430 g/mol. The van der Waals surface area contributed by atoms with Gasteiger partial charge in [0.1, 0.15) is 11.5 Å². The molecule has 1 amide bonds. The van der Waals surface area contributed by atoms with Gasteiger partial charge >= 0.3 is 6.36 Å². The molecular weight excluding hydrogens is 413 g/mol. The van der Waals surface area contributed by atoms with E-state index < -0.39 is 34.1 Å². The van der Waals surface area contributed by atoms with Gasteiger partial charge in [-0.25, -0.2) is 8.42 Å². The van der Waals surface area contributed by atoms with Crippen molar-refractivity contribution in [3.05, 3.63) is 48.0 Å². The van der Waals surface area contributed by atoms with E-state index >= 15 is 0 Å². The fourth-order valence-electron chi connectivity index (χ4n) is 2.77. The van der Waals surface area contributed by atoms with E-state index in [-0.39, 0.29) is 18.0 Å². The molecule has 1 N–H and O–H groups in total. The Hall–Kier alpha value is -2.95. The summed E-state index contributed by atoms with van der Waals surface area (Å²) in [5, 5.41) is 2.50. The number of amides is 1. The van der Waals surface area contributed by atoms with Crippen molar-refractivity contribution in [1.29, 1.82) is 0 Å². The van der Waals surface area contributed by atoms with E-state index in [0.717, 1.165) is 28.3 Å². The van der Waals surface area contributed by atoms with E-state index in [4.69, 9.17) is 4.74 Å². The molecule has 0 spiro atoms. The van der Waals surface area contributed by atoms with Crippen LogP contribution in [-0.2, 0) is 14.8 Å². The smallest absolute Gasteiger partial charge is 0.476 e. The predicted octanol–water partition coefficient (Wildman–Crippen LogP) is 3.06. The second-order valence-corrected chi connectivity index (χ2v) is 8.34. The van der Waals surface area contributed by atoms with Crippen molar-refractivity contribution < 1.29 is 35.9 Å². The van der Waals surface area contributed by atoms with Crippen LogP contribution in [0.15, 0.2) is 42.5 Å². The SMILES string of the molecule is Cc1ccc2c(c1)O[C@H](C(=O)Nc1ccc(OC(F)(F)F)cc1)CN2S(C)(=O)=O. The molecule has 0 saturated carbocycles. The van der Waals surface area contributed by atoms with Crippen molar-refractivity contribution in [2.75, 3.05) is 22.4 Å². The van der Waals surface area contributed by atoms with Gasteiger partial charge in [0.25, 0.3) is 5.91 Å². The highest BCUT2D eigenvalue weighted by Gasteiger charge is 2.35. The van der Waals surface area contributed by atoms with Crippen LogP contribution in [0.4, 0.5) is 24.5 Å². The van der Waals surface area contributed by atoms with Crippen molar-refractivity contribution in [3.63, 3.8) is 0 Å². The van der Waals surface area contributed by atoms with Gasteiger partial charge in [0.15, 0.2) is 6.10 Å². The Labute approximate surface area is 165 Å². The van der Waals surface area contributed by atoms with Crippen LogP contribution in [0, 0.1) is 6.92 Å². The Morgan fingerprint density at radius 1 is 1.21 bits per heavy atom. The number of anilines is 2. The lowest BCUT2D eigenvalue weighted by molar-refractivity contribution is -0.274. The van der Waals surface area contributed by atoms with Gasteiger partial charge in [-0.05, 0) is 48.9 Å². The molecule has 0 fully saturated rings. The van der Waals surface area contributed by atoms with Crippen LogP contribution in [-0.4, -0.2) is 39.6 Å². The molecule has 0 aliphatic carbocycles. The molecule has 1 heterocycles. The average molecular weight is 430 g/mol. The minimum Gasteiger partial charge on any atom is -0.476 e. The van der Waals surface area contributed by atoms with E-state index in [1.165, 1.54) is 12.1 Å². The summed E-state index contributed by atoms with van der Waals surface area (Å²) in [7, 11) is -3.66. The Bertz CT molecular complexity index is 1020. The van der Waals surface area contributed by atoms with Gasteiger partial charge in [0, 0.05) is 5.69 Å². The van der Waals surface area contributed by atoms with E-state index in [2.05, 4.69) is 10.1 Å². The summed E-state index contributed by atoms with van der Waals surface area (Å²) >= 11 is 0. The van der Waals surface area contributed by atoms with Crippen LogP contribution < -0.4 is 19.1 Å². The summed E-state index contributed by atoms with van der Waals surface area (Å²) in [6, 6.07) is 9.50. The molecule has 2 aromatic rings. The molecule has 0 aromatic heterocycles. The molecule has 1 aliphatic heterocycles. The van der Waals surface area contributed by atoms with Crippen molar-refractivity contribution in [3.8, 4) is 11.5 Å². The molecule has 1 atom stereocenters. The highest BCUT2D eigenvalue weighted by Crippen LogP contribution is 2.36. The van der Waals surface area contributed by atoms with E-state index in [9.17, 15) is 26.4 Å². The minimum atomic E-state index is -4.82. The normalized spacial score (nSPS) is 16.6. The summed E-state index contributed by atoms with van der Waals surface area (Å²) in [5.74, 6) is -0.830. The van der Waals surface area contributed by atoms with Gasteiger partial charge < -0.3 is 14.8 Å². The van der Waals surface area contributed by atoms with Crippen LogP contribution in [0.25, 0.3) is 0 Å². The number of hydrogen-bond donors (Lipinski definition) is 1. The largest absolute Gasteiger partial charge is 0.573 e. The van der Waals surface area contributed by atoms with Crippen LogP contribution in [0.2, 0.25) is 0 Å². The third kappa shape index (κ3) is 5.11. The second kappa shape index (κ2) is 7.47. The number of ether oxygens (including phenoxy) is 2. The Balaban J connectivity index is 1.77. The first-order valence-corrected chi connectivity index (χ1v) is 10.2. The minimum absolute atomic E-state index is 0.203. The molecule has 11 heteroatoms. The number of carbonyl (C=O) groups excluding carboxylic acids is 1. The van der Waals surface area contributed by atoms with E-state index in [0.29, 0.717) is 5.69 Å². The number of nitrogens with zero attached hydrogens (tertiary/aromatic N) is 1. The first-order valence-electron chi connectivity index (χ1n) is 8.34. The number of carbonyl (C=O) groups is 1. The van der Waals surface area contributed by atoms with Crippen LogP contribution in [0.1, 0.15) is 5.56 Å². The highest BCUT2D eigenvalue weighted by molar-refractivity contribution is 7.92. The third-order valence-electron chi connectivity index (χ3n) is 4.03. The zero-order valence-corrected chi connectivity index (χ0v) is 16.2. The Morgan fingerprint density at radius 3 is 2.45 bits per heavy atom. The summed E-state index contributed by atoms with van der Waals surface area (Å²) in [6.45, 7) is 1.55. The summed E-state index contributed by atoms with van der Waals surface area (Å²) < 4.78 is 71.5. The third-order valence-corrected chi connectivity index (χ3v) is 5.18. The molecule has 3 rings (SSSR count). The Kier molecular flexibility index (Phi) is 5.35. The molecule has 156 valence electrons.